The summed E-state index contributed by atoms with van der Waals surface area (Å²) in [6.07, 6.45) is 0. The Labute approximate surface area is 107 Å². The van der Waals surface area contributed by atoms with Gasteiger partial charge in [0.2, 0.25) is 0 Å². The van der Waals surface area contributed by atoms with Gasteiger partial charge in [0.1, 0.15) is 0 Å². The van der Waals surface area contributed by atoms with Crippen molar-refractivity contribution in [3.05, 3.63) is 58.0 Å². The first-order valence-corrected chi connectivity index (χ1v) is 6.42. The molecule has 0 heterocycles. The number of halogens is 2. The van der Waals surface area contributed by atoms with Gasteiger partial charge >= 0.3 is 0 Å². The van der Waals surface area contributed by atoms with Gasteiger partial charge in [0.25, 0.3) is 0 Å². The average Bonchev–Trinajstić information content (AvgIpc) is 2.22. The molecule has 0 spiro atoms. The number of hydrogen-bond acceptors (Lipinski definition) is 1. The Hall–Kier alpha value is -0.440. The summed E-state index contributed by atoms with van der Waals surface area (Å²) in [6.45, 7) is 0. The Morgan fingerprint density at radius 2 is 1.67 bits per heavy atom. The third kappa shape index (κ3) is 3.26. The first-order chi connectivity index (χ1) is 7.24. The van der Waals surface area contributed by atoms with Crippen molar-refractivity contribution in [2.45, 2.75) is 9.79 Å². The van der Waals surface area contributed by atoms with Gasteiger partial charge in [-0.05, 0) is 42.5 Å². The Morgan fingerprint density at radius 3 is 2.33 bits per heavy atom. The second-order valence-electron chi connectivity index (χ2n) is 3.01. The molecule has 0 aliphatic rings. The van der Waals surface area contributed by atoms with Gasteiger partial charge in [-0.1, -0.05) is 45.4 Å². The molecule has 0 amide bonds. The van der Waals surface area contributed by atoms with Crippen LogP contribution in [0.4, 0.5) is 0 Å². The van der Waals surface area contributed by atoms with Crippen molar-refractivity contribution in [2.24, 2.45) is 0 Å². The minimum atomic E-state index is 0.775. The summed E-state index contributed by atoms with van der Waals surface area (Å²) in [7, 11) is 0. The van der Waals surface area contributed by atoms with Gasteiger partial charge in [0.15, 0.2) is 0 Å². The van der Waals surface area contributed by atoms with Crippen LogP contribution < -0.4 is 0 Å². The molecule has 3 heteroatoms. The number of benzene rings is 2. The molecule has 0 unspecified atom stereocenters. The van der Waals surface area contributed by atoms with Crippen LogP contribution in [0.3, 0.4) is 0 Å². The molecule has 2 aromatic rings. The summed E-state index contributed by atoms with van der Waals surface area (Å²) < 4.78 is 1.10. The van der Waals surface area contributed by atoms with E-state index in [-0.39, 0.29) is 0 Å². The van der Waals surface area contributed by atoms with E-state index in [0.717, 1.165) is 14.4 Å². The molecule has 0 atom stereocenters. The zero-order valence-electron chi connectivity index (χ0n) is 7.78. The lowest BCUT2D eigenvalue weighted by Crippen LogP contribution is -1.73. The summed E-state index contributed by atoms with van der Waals surface area (Å²) in [5.41, 5.74) is 0. The van der Waals surface area contributed by atoms with Crippen LogP contribution in [0.1, 0.15) is 0 Å². The van der Waals surface area contributed by atoms with Crippen molar-refractivity contribution >= 4 is 39.3 Å². The van der Waals surface area contributed by atoms with Crippen LogP contribution in [0.25, 0.3) is 0 Å². The van der Waals surface area contributed by atoms with Crippen LogP contribution in [0.2, 0.25) is 5.02 Å². The van der Waals surface area contributed by atoms with Crippen molar-refractivity contribution in [1.29, 1.82) is 0 Å². The van der Waals surface area contributed by atoms with Crippen molar-refractivity contribution in [3.8, 4) is 0 Å². The largest absolute Gasteiger partial charge is 0.0900 e. The predicted octanol–water partition coefficient (Wildman–Crippen LogP) is 5.25. The topological polar surface area (TPSA) is 0 Å². The molecule has 0 N–H and O–H groups in total. The molecule has 2 aromatic carbocycles. The first kappa shape index (κ1) is 11.1. The van der Waals surface area contributed by atoms with Crippen molar-refractivity contribution in [2.75, 3.05) is 0 Å². The van der Waals surface area contributed by atoms with Crippen LogP contribution in [-0.2, 0) is 0 Å². The first-order valence-electron chi connectivity index (χ1n) is 4.43. The second kappa shape index (κ2) is 5.06. The van der Waals surface area contributed by atoms with Crippen LogP contribution in [0, 0.1) is 0 Å². The smallest absolute Gasteiger partial charge is 0.0417 e. The summed E-state index contributed by atoms with van der Waals surface area (Å²) in [4.78, 5) is 2.37. The average molecular weight is 300 g/mol. The van der Waals surface area contributed by atoms with E-state index in [1.165, 1.54) is 4.90 Å². The van der Waals surface area contributed by atoms with Crippen LogP contribution in [0.15, 0.2) is 62.8 Å². The highest BCUT2D eigenvalue weighted by Gasteiger charge is 1.97. The molecule has 2 rings (SSSR count). The molecule has 0 fully saturated rings. The number of rotatable bonds is 2. The zero-order chi connectivity index (χ0) is 10.7. The number of hydrogen-bond donors (Lipinski definition) is 0. The van der Waals surface area contributed by atoms with Crippen molar-refractivity contribution in [3.63, 3.8) is 0 Å². The molecule has 0 bridgehead atoms. The van der Waals surface area contributed by atoms with E-state index >= 15 is 0 Å². The maximum Gasteiger partial charge on any atom is 0.0417 e. The lowest BCUT2D eigenvalue weighted by atomic mass is 10.4. The summed E-state index contributed by atoms with van der Waals surface area (Å²) >= 11 is 11.0. The monoisotopic (exact) mass is 298 g/mol. The maximum absolute atomic E-state index is 5.92. The molecule has 15 heavy (non-hydrogen) atoms. The van der Waals surface area contributed by atoms with Crippen molar-refractivity contribution < 1.29 is 0 Å². The van der Waals surface area contributed by atoms with Crippen LogP contribution >= 0.6 is 39.3 Å². The van der Waals surface area contributed by atoms with E-state index in [2.05, 4.69) is 34.1 Å². The van der Waals surface area contributed by atoms with Gasteiger partial charge in [0.05, 0.1) is 0 Å². The van der Waals surface area contributed by atoms with Crippen molar-refractivity contribution in [1.82, 2.24) is 0 Å². The highest BCUT2D eigenvalue weighted by molar-refractivity contribution is 9.10. The summed E-state index contributed by atoms with van der Waals surface area (Å²) in [5.74, 6) is 0. The van der Waals surface area contributed by atoms with E-state index in [1.54, 1.807) is 11.8 Å². The fraction of sp³-hybridized carbons (Fsp3) is 0. The summed E-state index contributed by atoms with van der Waals surface area (Å²) in [5, 5.41) is 0.775. The molecular formula is C12H8BrClS. The highest BCUT2D eigenvalue weighted by atomic mass is 79.9. The minimum absolute atomic E-state index is 0.775. The minimum Gasteiger partial charge on any atom is -0.0900 e. The molecule has 0 aromatic heterocycles. The highest BCUT2D eigenvalue weighted by Crippen LogP contribution is 2.29. The van der Waals surface area contributed by atoms with Gasteiger partial charge < -0.3 is 0 Å². The Bertz CT molecular complexity index is 453. The quantitative estimate of drug-likeness (QED) is 0.729. The normalized spacial score (nSPS) is 10.3. The molecule has 0 aliphatic carbocycles. The van der Waals surface area contributed by atoms with E-state index in [9.17, 15) is 0 Å². The Morgan fingerprint density at radius 1 is 0.933 bits per heavy atom. The lowest BCUT2D eigenvalue weighted by molar-refractivity contribution is 1.40. The fourth-order valence-electron chi connectivity index (χ4n) is 1.17. The molecule has 76 valence electrons. The van der Waals surface area contributed by atoms with Gasteiger partial charge in [-0.3, -0.25) is 0 Å². The standard InChI is InChI=1S/C12H8BrClS/c13-9-4-6-11(7-5-9)15-12-3-1-2-10(14)8-12/h1-8H. The molecule has 0 nitrogen and oxygen atoms in total. The third-order valence-electron chi connectivity index (χ3n) is 1.85. The van der Waals surface area contributed by atoms with Gasteiger partial charge in [-0.25, -0.2) is 0 Å². The second-order valence-corrected chi connectivity index (χ2v) is 5.51. The third-order valence-corrected chi connectivity index (χ3v) is 3.61. The predicted molar refractivity (Wildman–Crippen MR) is 69.7 cm³/mol. The Balaban J connectivity index is 2.18. The Kier molecular flexibility index (Phi) is 3.73. The molecule has 0 saturated heterocycles. The van der Waals surface area contributed by atoms with Crippen LogP contribution in [-0.4, -0.2) is 0 Å². The zero-order valence-corrected chi connectivity index (χ0v) is 10.9. The van der Waals surface area contributed by atoms with Gasteiger partial charge in [-0.15, -0.1) is 0 Å². The van der Waals surface area contributed by atoms with E-state index in [1.807, 2.05) is 30.3 Å². The van der Waals surface area contributed by atoms with Crippen LogP contribution in [0.5, 0.6) is 0 Å². The molecule has 0 saturated carbocycles. The van der Waals surface area contributed by atoms with Gasteiger partial charge in [-0.2, -0.15) is 0 Å². The molecule has 0 aliphatic heterocycles. The molecular weight excluding hydrogens is 292 g/mol. The van der Waals surface area contributed by atoms with E-state index in [0.29, 0.717) is 0 Å². The summed E-state index contributed by atoms with van der Waals surface area (Å²) in [6, 6.07) is 16.1. The fourth-order valence-corrected chi connectivity index (χ4v) is 2.57. The molecule has 0 radical (unpaired) electrons. The van der Waals surface area contributed by atoms with E-state index in [4.69, 9.17) is 11.6 Å². The van der Waals surface area contributed by atoms with E-state index < -0.39 is 0 Å². The maximum atomic E-state index is 5.92. The lowest BCUT2D eigenvalue weighted by Gasteiger charge is -2.01. The van der Waals surface area contributed by atoms with Gasteiger partial charge in [0, 0.05) is 19.3 Å². The SMILES string of the molecule is Clc1cccc(Sc2ccc(Br)cc2)c1.